The molecular weight excluding hydrogens is 433 g/mol. The molecule has 1 fully saturated rings. The van der Waals surface area contributed by atoms with Crippen LogP contribution in [0, 0.1) is 5.82 Å². The predicted octanol–water partition coefficient (Wildman–Crippen LogP) is 2.94. The van der Waals surface area contributed by atoms with Gasteiger partial charge in [0.2, 0.25) is 10.0 Å². The first kappa shape index (κ1) is 22.7. The van der Waals surface area contributed by atoms with Gasteiger partial charge in [0.25, 0.3) is 0 Å². The molecule has 0 amide bonds. The fourth-order valence-corrected chi connectivity index (χ4v) is 5.57. The molecule has 3 aromatic rings. The molecule has 1 aromatic heterocycles. The molecule has 1 atom stereocenters. The lowest BCUT2D eigenvalue weighted by atomic mass is 10.1. The van der Waals surface area contributed by atoms with Crippen molar-refractivity contribution in [3.05, 3.63) is 48.3 Å². The molecule has 0 radical (unpaired) electrons. The molecule has 32 heavy (non-hydrogen) atoms. The van der Waals surface area contributed by atoms with E-state index in [1.807, 2.05) is 4.90 Å². The van der Waals surface area contributed by atoms with Gasteiger partial charge in [0.15, 0.2) is 5.82 Å². The van der Waals surface area contributed by atoms with Crippen LogP contribution >= 0.6 is 0 Å². The molecule has 2 heterocycles. The molecule has 172 valence electrons. The molecule has 1 saturated heterocycles. The lowest BCUT2D eigenvalue weighted by Gasteiger charge is -2.26. The second-order valence-electron chi connectivity index (χ2n) is 9.00. The van der Waals surface area contributed by atoms with E-state index in [0.717, 1.165) is 4.31 Å². The number of aromatic amines is 1. The highest BCUT2D eigenvalue weighted by Gasteiger charge is 2.30. The van der Waals surface area contributed by atoms with Gasteiger partial charge in [0.05, 0.1) is 22.3 Å². The molecule has 0 unspecified atom stereocenters. The van der Waals surface area contributed by atoms with Gasteiger partial charge in [0, 0.05) is 48.8 Å². The van der Waals surface area contributed by atoms with Crippen LogP contribution < -0.4 is 4.90 Å². The number of nitrogens with one attached hydrogen (secondary N) is 1. The Labute approximate surface area is 187 Å². The lowest BCUT2D eigenvalue weighted by Crippen LogP contribution is -2.39. The molecule has 3 N–H and O–H groups in total. The van der Waals surface area contributed by atoms with Gasteiger partial charge in [-0.25, -0.2) is 12.8 Å². The molecule has 0 saturated carbocycles. The number of aliphatic hydroxyl groups excluding tert-OH is 1. The van der Waals surface area contributed by atoms with E-state index in [1.165, 1.54) is 33.0 Å². The Kier molecular flexibility index (Phi) is 5.79. The summed E-state index contributed by atoms with van der Waals surface area (Å²) in [7, 11) is -2.52. The monoisotopic (exact) mass is 461 g/mol. The van der Waals surface area contributed by atoms with E-state index >= 15 is 4.39 Å². The minimum absolute atomic E-state index is 0.000742. The van der Waals surface area contributed by atoms with E-state index in [2.05, 4.69) is 4.98 Å². The van der Waals surface area contributed by atoms with Crippen LogP contribution in [0.15, 0.2) is 47.4 Å². The summed E-state index contributed by atoms with van der Waals surface area (Å²) in [5, 5.41) is 20.5. The zero-order valence-corrected chi connectivity index (χ0v) is 19.2. The van der Waals surface area contributed by atoms with E-state index in [-0.39, 0.29) is 17.1 Å². The first-order chi connectivity index (χ1) is 15.0. The number of likely N-dealkylation sites (N-methyl/N-ethyl adjacent to an activating group) is 1. The number of fused-ring (bicyclic) bond motifs is 1. The Morgan fingerprint density at radius 3 is 2.59 bits per heavy atom. The Bertz CT molecular complexity index is 1250. The number of benzene rings is 2. The largest absolute Gasteiger partial charge is 0.391 e. The number of para-hydroxylation sites is 1. The first-order valence-corrected chi connectivity index (χ1v) is 11.9. The van der Waals surface area contributed by atoms with Gasteiger partial charge in [-0.3, -0.25) is 0 Å². The Hall–Kier alpha value is -2.46. The number of sulfonamides is 1. The highest BCUT2D eigenvalue weighted by Crippen LogP contribution is 2.38. The SMILES string of the molecule is CN(CC(C)(C)O)S(=O)(=O)c1ccc(N2CC[C@H](O)C2)c(-c2[nH]c3ccccc3c2F)c1. The summed E-state index contributed by atoms with van der Waals surface area (Å²) in [4.78, 5) is 5.02. The van der Waals surface area contributed by atoms with E-state index in [0.29, 0.717) is 41.7 Å². The number of anilines is 1. The minimum Gasteiger partial charge on any atom is -0.391 e. The average Bonchev–Trinajstić information content (AvgIpc) is 3.30. The molecule has 0 bridgehead atoms. The molecule has 1 aliphatic heterocycles. The van der Waals surface area contributed by atoms with Gasteiger partial charge in [0.1, 0.15) is 0 Å². The van der Waals surface area contributed by atoms with Crippen LogP contribution in [0.3, 0.4) is 0 Å². The van der Waals surface area contributed by atoms with Crippen LogP contribution in [0.25, 0.3) is 22.2 Å². The predicted molar refractivity (Wildman–Crippen MR) is 123 cm³/mol. The van der Waals surface area contributed by atoms with Gasteiger partial charge < -0.3 is 20.1 Å². The number of aromatic nitrogens is 1. The molecule has 9 heteroatoms. The van der Waals surface area contributed by atoms with Crippen molar-refractivity contribution >= 4 is 26.6 Å². The number of hydrogen-bond acceptors (Lipinski definition) is 5. The fraction of sp³-hybridized carbons (Fsp3) is 0.391. The molecule has 7 nitrogen and oxygen atoms in total. The van der Waals surface area contributed by atoms with Gasteiger partial charge in [-0.15, -0.1) is 0 Å². The smallest absolute Gasteiger partial charge is 0.242 e. The zero-order valence-electron chi connectivity index (χ0n) is 18.3. The molecular formula is C23H28FN3O4S. The maximum absolute atomic E-state index is 15.4. The summed E-state index contributed by atoms with van der Waals surface area (Å²) in [6.45, 7) is 3.95. The van der Waals surface area contributed by atoms with Crippen LogP contribution in [0.1, 0.15) is 20.3 Å². The standard InChI is InChI=1S/C23H28FN3O4S/c1-23(2,29)14-26(3)32(30,31)16-8-9-20(27-11-10-15(28)13-27)18(12-16)22-21(24)17-6-4-5-7-19(17)25-22/h4-9,12,15,25,28-29H,10-11,13-14H2,1-3H3/t15-/m0/s1. The van der Waals surface area contributed by atoms with Crippen molar-refractivity contribution in [1.29, 1.82) is 0 Å². The van der Waals surface area contributed by atoms with Crippen molar-refractivity contribution in [2.45, 2.75) is 36.9 Å². The van der Waals surface area contributed by atoms with E-state index in [9.17, 15) is 18.6 Å². The summed E-state index contributed by atoms with van der Waals surface area (Å²) in [6, 6.07) is 11.6. The second-order valence-corrected chi connectivity index (χ2v) is 11.0. The van der Waals surface area contributed by atoms with E-state index < -0.39 is 27.5 Å². The number of hydrogen-bond donors (Lipinski definition) is 3. The first-order valence-electron chi connectivity index (χ1n) is 10.5. The number of H-pyrrole nitrogens is 1. The van der Waals surface area contributed by atoms with Crippen molar-refractivity contribution in [2.24, 2.45) is 0 Å². The topological polar surface area (TPSA) is 96.9 Å². The van der Waals surface area contributed by atoms with Crippen molar-refractivity contribution in [1.82, 2.24) is 9.29 Å². The number of nitrogens with zero attached hydrogens (tertiary/aromatic N) is 2. The number of halogens is 1. The maximum atomic E-state index is 15.4. The summed E-state index contributed by atoms with van der Waals surface area (Å²) in [6.07, 6.45) is 0.0972. The molecule has 0 aliphatic carbocycles. The second kappa shape index (κ2) is 8.15. The van der Waals surface area contributed by atoms with E-state index in [4.69, 9.17) is 0 Å². The summed E-state index contributed by atoms with van der Waals surface area (Å²) in [5.41, 5.74) is 0.658. The van der Waals surface area contributed by atoms with Gasteiger partial charge in [-0.1, -0.05) is 12.1 Å². The number of β-amino-alcohol motifs (C(OH)–C–C–N with tert-alkyl or cyclic N) is 1. The quantitative estimate of drug-likeness (QED) is 0.525. The lowest BCUT2D eigenvalue weighted by molar-refractivity contribution is 0.0640. The van der Waals surface area contributed by atoms with Crippen LogP contribution in [-0.4, -0.2) is 66.3 Å². The summed E-state index contributed by atoms with van der Waals surface area (Å²) in [5.74, 6) is -0.457. The third-order valence-electron chi connectivity index (χ3n) is 5.70. The van der Waals surface area contributed by atoms with Crippen LogP contribution in [0.5, 0.6) is 0 Å². The molecule has 4 rings (SSSR count). The Morgan fingerprint density at radius 2 is 1.97 bits per heavy atom. The van der Waals surface area contributed by atoms with Gasteiger partial charge in [-0.05, 0) is 50.6 Å². The van der Waals surface area contributed by atoms with Gasteiger partial charge in [-0.2, -0.15) is 4.31 Å². The molecule has 1 aliphatic rings. The number of aliphatic hydroxyl groups is 2. The van der Waals surface area contributed by atoms with Crippen LogP contribution in [0.4, 0.5) is 10.1 Å². The highest BCUT2D eigenvalue weighted by atomic mass is 32.2. The fourth-order valence-electron chi connectivity index (χ4n) is 4.22. The van der Waals surface area contributed by atoms with Crippen molar-refractivity contribution in [3.8, 4) is 11.3 Å². The Balaban J connectivity index is 1.86. The van der Waals surface area contributed by atoms with E-state index in [1.54, 1.807) is 30.3 Å². The summed E-state index contributed by atoms with van der Waals surface area (Å²) >= 11 is 0. The molecule has 0 spiro atoms. The average molecular weight is 462 g/mol. The maximum Gasteiger partial charge on any atom is 0.242 e. The number of rotatable bonds is 6. The van der Waals surface area contributed by atoms with Crippen molar-refractivity contribution < 1.29 is 23.0 Å². The third-order valence-corrected chi connectivity index (χ3v) is 7.50. The third kappa shape index (κ3) is 4.25. The van der Waals surface area contributed by atoms with Gasteiger partial charge >= 0.3 is 0 Å². The van der Waals surface area contributed by atoms with Crippen molar-refractivity contribution in [2.75, 3.05) is 31.6 Å². The minimum atomic E-state index is -3.93. The normalized spacial score (nSPS) is 17.6. The zero-order chi connectivity index (χ0) is 23.3. The van der Waals surface area contributed by atoms with Crippen LogP contribution in [0.2, 0.25) is 0 Å². The highest BCUT2D eigenvalue weighted by molar-refractivity contribution is 7.89. The summed E-state index contributed by atoms with van der Waals surface area (Å²) < 4.78 is 42.9. The van der Waals surface area contributed by atoms with Crippen molar-refractivity contribution in [3.63, 3.8) is 0 Å². The van der Waals surface area contributed by atoms with Crippen LogP contribution in [-0.2, 0) is 10.0 Å². The Morgan fingerprint density at radius 1 is 1.25 bits per heavy atom. The molecule has 2 aromatic carbocycles.